The molecule has 0 aliphatic carbocycles. The van der Waals surface area contributed by atoms with E-state index in [-0.39, 0.29) is 12.3 Å². The molecule has 0 aromatic heterocycles. The SMILES string of the molecule is CCOc1ccccc1OCC(=O)Nc1ccccc1F. The normalized spacial score (nSPS) is 10.0. The second kappa shape index (κ2) is 7.28. The molecule has 0 aliphatic rings. The van der Waals surface area contributed by atoms with Crippen LogP contribution in [0.4, 0.5) is 10.1 Å². The van der Waals surface area contributed by atoms with Gasteiger partial charge in [0.25, 0.3) is 5.91 Å². The zero-order valence-electron chi connectivity index (χ0n) is 11.6. The van der Waals surface area contributed by atoms with Crippen LogP contribution in [0.15, 0.2) is 48.5 Å². The molecule has 5 heteroatoms. The molecule has 0 unspecified atom stereocenters. The van der Waals surface area contributed by atoms with E-state index in [2.05, 4.69) is 5.32 Å². The van der Waals surface area contributed by atoms with Crippen molar-refractivity contribution in [1.82, 2.24) is 0 Å². The molecule has 0 radical (unpaired) electrons. The monoisotopic (exact) mass is 289 g/mol. The summed E-state index contributed by atoms with van der Waals surface area (Å²) >= 11 is 0. The molecule has 1 amide bonds. The highest BCUT2D eigenvalue weighted by Crippen LogP contribution is 2.26. The van der Waals surface area contributed by atoms with Crippen LogP contribution in [-0.4, -0.2) is 19.1 Å². The number of hydrogen-bond acceptors (Lipinski definition) is 3. The second-order valence-electron chi connectivity index (χ2n) is 4.20. The van der Waals surface area contributed by atoms with Crippen molar-refractivity contribution in [3.05, 3.63) is 54.3 Å². The Morgan fingerprint density at radius 2 is 1.67 bits per heavy atom. The van der Waals surface area contributed by atoms with Crippen molar-refractivity contribution in [3.8, 4) is 11.5 Å². The van der Waals surface area contributed by atoms with E-state index in [1.807, 2.05) is 13.0 Å². The molecule has 4 nitrogen and oxygen atoms in total. The second-order valence-corrected chi connectivity index (χ2v) is 4.20. The molecule has 2 aromatic carbocycles. The van der Waals surface area contributed by atoms with Crippen LogP contribution in [0.2, 0.25) is 0 Å². The number of ether oxygens (including phenoxy) is 2. The quantitative estimate of drug-likeness (QED) is 0.888. The molecule has 2 rings (SSSR count). The fourth-order valence-corrected chi connectivity index (χ4v) is 1.74. The number of carbonyl (C=O) groups excluding carboxylic acids is 1. The van der Waals surface area contributed by atoms with Crippen molar-refractivity contribution in [1.29, 1.82) is 0 Å². The Balaban J connectivity index is 1.94. The van der Waals surface area contributed by atoms with Crippen molar-refractivity contribution < 1.29 is 18.7 Å². The molecule has 0 heterocycles. The van der Waals surface area contributed by atoms with Gasteiger partial charge in [0.15, 0.2) is 18.1 Å². The summed E-state index contributed by atoms with van der Waals surface area (Å²) in [6, 6.07) is 13.0. The maximum atomic E-state index is 13.4. The van der Waals surface area contributed by atoms with E-state index >= 15 is 0 Å². The number of para-hydroxylation sites is 3. The highest BCUT2D eigenvalue weighted by Gasteiger charge is 2.09. The van der Waals surface area contributed by atoms with Crippen molar-refractivity contribution >= 4 is 11.6 Å². The Hall–Kier alpha value is -2.56. The van der Waals surface area contributed by atoms with Crippen molar-refractivity contribution in [2.24, 2.45) is 0 Å². The number of benzene rings is 2. The summed E-state index contributed by atoms with van der Waals surface area (Å²) in [6.45, 7) is 2.14. The molecule has 0 spiro atoms. The lowest BCUT2D eigenvalue weighted by atomic mass is 10.3. The number of carbonyl (C=O) groups is 1. The lowest BCUT2D eigenvalue weighted by Crippen LogP contribution is -2.21. The molecule has 2 aromatic rings. The van der Waals surface area contributed by atoms with Crippen LogP contribution in [0, 0.1) is 5.82 Å². The van der Waals surface area contributed by atoms with Gasteiger partial charge in [-0.1, -0.05) is 24.3 Å². The van der Waals surface area contributed by atoms with Gasteiger partial charge in [-0.3, -0.25) is 4.79 Å². The number of rotatable bonds is 6. The molecule has 0 bridgehead atoms. The summed E-state index contributed by atoms with van der Waals surface area (Å²) in [4.78, 5) is 11.8. The van der Waals surface area contributed by atoms with E-state index in [0.717, 1.165) is 0 Å². The first-order valence-corrected chi connectivity index (χ1v) is 6.59. The van der Waals surface area contributed by atoms with E-state index in [1.54, 1.807) is 30.3 Å². The highest BCUT2D eigenvalue weighted by atomic mass is 19.1. The average molecular weight is 289 g/mol. The van der Waals surface area contributed by atoms with E-state index in [0.29, 0.717) is 18.1 Å². The maximum Gasteiger partial charge on any atom is 0.262 e. The molecule has 0 atom stereocenters. The summed E-state index contributed by atoms with van der Waals surface area (Å²) in [7, 11) is 0. The van der Waals surface area contributed by atoms with Crippen LogP contribution >= 0.6 is 0 Å². The molecule has 110 valence electrons. The van der Waals surface area contributed by atoms with Gasteiger partial charge in [-0.2, -0.15) is 0 Å². The van der Waals surface area contributed by atoms with Crippen LogP contribution in [-0.2, 0) is 4.79 Å². The Morgan fingerprint density at radius 1 is 1.05 bits per heavy atom. The van der Waals surface area contributed by atoms with Gasteiger partial charge >= 0.3 is 0 Å². The van der Waals surface area contributed by atoms with E-state index in [9.17, 15) is 9.18 Å². The zero-order chi connectivity index (χ0) is 15.1. The Morgan fingerprint density at radius 3 is 2.33 bits per heavy atom. The number of halogens is 1. The van der Waals surface area contributed by atoms with Gasteiger partial charge in [-0.15, -0.1) is 0 Å². The van der Waals surface area contributed by atoms with Crippen molar-refractivity contribution in [2.75, 3.05) is 18.5 Å². The van der Waals surface area contributed by atoms with Gasteiger partial charge in [0.2, 0.25) is 0 Å². The molecular weight excluding hydrogens is 273 g/mol. The van der Waals surface area contributed by atoms with Gasteiger partial charge < -0.3 is 14.8 Å². The first-order chi connectivity index (χ1) is 10.2. The summed E-state index contributed by atoms with van der Waals surface area (Å²) in [5.74, 6) is 0.119. The van der Waals surface area contributed by atoms with Gasteiger partial charge in [-0.25, -0.2) is 4.39 Å². The number of hydrogen-bond donors (Lipinski definition) is 1. The third kappa shape index (κ3) is 4.21. The molecule has 0 fully saturated rings. The summed E-state index contributed by atoms with van der Waals surface area (Å²) in [6.07, 6.45) is 0. The van der Waals surface area contributed by atoms with Crippen LogP contribution in [0.25, 0.3) is 0 Å². The first-order valence-electron chi connectivity index (χ1n) is 6.59. The lowest BCUT2D eigenvalue weighted by molar-refractivity contribution is -0.118. The van der Waals surface area contributed by atoms with Gasteiger partial charge in [0.1, 0.15) is 5.82 Å². The minimum atomic E-state index is -0.486. The standard InChI is InChI=1S/C16H16FNO3/c1-2-20-14-9-5-6-10-15(14)21-11-16(19)18-13-8-4-3-7-12(13)17/h3-10H,2,11H2,1H3,(H,18,19). The number of nitrogens with one attached hydrogen (secondary N) is 1. The minimum absolute atomic E-state index is 0.129. The van der Waals surface area contributed by atoms with Crippen molar-refractivity contribution in [3.63, 3.8) is 0 Å². The fourth-order valence-electron chi connectivity index (χ4n) is 1.74. The van der Waals surface area contributed by atoms with E-state index in [1.165, 1.54) is 12.1 Å². The Labute approximate surface area is 122 Å². The van der Waals surface area contributed by atoms with Crippen LogP contribution < -0.4 is 14.8 Å². The van der Waals surface area contributed by atoms with Gasteiger partial charge in [-0.05, 0) is 31.2 Å². The van der Waals surface area contributed by atoms with Crippen LogP contribution in [0.5, 0.6) is 11.5 Å². The lowest BCUT2D eigenvalue weighted by Gasteiger charge is -2.11. The highest BCUT2D eigenvalue weighted by molar-refractivity contribution is 5.92. The maximum absolute atomic E-state index is 13.4. The Bertz CT molecular complexity index is 616. The smallest absolute Gasteiger partial charge is 0.262 e. The summed E-state index contributed by atoms with van der Waals surface area (Å²) < 4.78 is 24.2. The van der Waals surface area contributed by atoms with Gasteiger partial charge in [0.05, 0.1) is 12.3 Å². The predicted molar refractivity (Wildman–Crippen MR) is 78.1 cm³/mol. The fraction of sp³-hybridized carbons (Fsp3) is 0.188. The predicted octanol–water partition coefficient (Wildman–Crippen LogP) is 3.24. The van der Waals surface area contributed by atoms with Crippen molar-refractivity contribution in [2.45, 2.75) is 6.92 Å². The Kier molecular flexibility index (Phi) is 5.15. The number of amides is 1. The van der Waals surface area contributed by atoms with Crippen LogP contribution in [0.3, 0.4) is 0 Å². The third-order valence-corrected chi connectivity index (χ3v) is 2.66. The van der Waals surface area contributed by atoms with E-state index < -0.39 is 11.7 Å². The molecule has 21 heavy (non-hydrogen) atoms. The topological polar surface area (TPSA) is 47.6 Å². The first kappa shape index (κ1) is 14.8. The average Bonchev–Trinajstić information content (AvgIpc) is 2.49. The third-order valence-electron chi connectivity index (χ3n) is 2.66. The number of anilines is 1. The molecule has 0 saturated carbocycles. The largest absolute Gasteiger partial charge is 0.490 e. The van der Waals surface area contributed by atoms with E-state index in [4.69, 9.17) is 9.47 Å². The molecular formula is C16H16FNO3. The summed E-state index contributed by atoms with van der Waals surface area (Å²) in [5, 5.41) is 2.45. The molecule has 0 aliphatic heterocycles. The minimum Gasteiger partial charge on any atom is -0.490 e. The van der Waals surface area contributed by atoms with Gasteiger partial charge in [0, 0.05) is 0 Å². The van der Waals surface area contributed by atoms with Crippen LogP contribution in [0.1, 0.15) is 6.92 Å². The molecule has 0 saturated heterocycles. The summed E-state index contributed by atoms with van der Waals surface area (Å²) in [5.41, 5.74) is 0.129. The zero-order valence-corrected chi connectivity index (χ0v) is 11.6. The molecule has 1 N–H and O–H groups in total.